The van der Waals surface area contributed by atoms with E-state index in [1.807, 2.05) is 32.0 Å². The summed E-state index contributed by atoms with van der Waals surface area (Å²) >= 11 is 1.17. The van der Waals surface area contributed by atoms with E-state index in [2.05, 4.69) is 15.5 Å². The monoisotopic (exact) mass is 403 g/mol. The molecule has 2 heterocycles. The molecular formula is C19H21N3O5S. The van der Waals surface area contributed by atoms with Crippen LogP contribution in [0.2, 0.25) is 0 Å². The number of amides is 1. The third-order valence-electron chi connectivity index (χ3n) is 4.10. The van der Waals surface area contributed by atoms with Crippen LogP contribution < -0.4 is 14.8 Å². The summed E-state index contributed by atoms with van der Waals surface area (Å²) in [6.07, 6.45) is 1.56. The van der Waals surface area contributed by atoms with Crippen LogP contribution >= 0.6 is 11.8 Å². The van der Waals surface area contributed by atoms with Crippen LogP contribution in [0.25, 0.3) is 11.5 Å². The maximum Gasteiger partial charge on any atom is 0.277 e. The number of rotatable bonds is 8. The highest BCUT2D eigenvalue weighted by Gasteiger charge is 2.17. The molecule has 0 aliphatic carbocycles. The number of aryl methyl sites for hydroxylation is 1. The molecule has 3 rings (SSSR count). The van der Waals surface area contributed by atoms with Crippen LogP contribution in [0.15, 0.2) is 44.6 Å². The number of methoxy groups -OCH3 is 2. The first kappa shape index (κ1) is 19.8. The van der Waals surface area contributed by atoms with Crippen LogP contribution in [0.1, 0.15) is 24.3 Å². The fraction of sp³-hybridized carbons (Fsp3) is 0.316. The van der Waals surface area contributed by atoms with E-state index in [0.717, 1.165) is 11.1 Å². The Morgan fingerprint density at radius 1 is 1.25 bits per heavy atom. The number of ether oxygens (including phenoxy) is 2. The number of carbonyl (C=O) groups excluding carboxylic acids is 1. The van der Waals surface area contributed by atoms with Crippen molar-refractivity contribution in [3.8, 4) is 23.0 Å². The average Bonchev–Trinajstić information content (AvgIpc) is 3.34. The maximum atomic E-state index is 12.3. The van der Waals surface area contributed by atoms with Gasteiger partial charge in [-0.05, 0) is 38.1 Å². The Morgan fingerprint density at radius 2 is 2.07 bits per heavy atom. The van der Waals surface area contributed by atoms with Crippen molar-refractivity contribution in [1.82, 2.24) is 15.5 Å². The maximum absolute atomic E-state index is 12.3. The lowest BCUT2D eigenvalue weighted by Gasteiger charge is -2.18. The predicted octanol–water partition coefficient (Wildman–Crippen LogP) is 3.62. The second-order valence-corrected chi connectivity index (χ2v) is 6.88. The van der Waals surface area contributed by atoms with Crippen molar-refractivity contribution in [3.63, 3.8) is 0 Å². The van der Waals surface area contributed by atoms with E-state index in [-0.39, 0.29) is 17.7 Å². The number of carbonyl (C=O) groups is 1. The molecule has 0 bridgehead atoms. The highest BCUT2D eigenvalue weighted by Crippen LogP contribution is 2.30. The highest BCUT2D eigenvalue weighted by atomic mass is 32.2. The number of hydrogen-bond acceptors (Lipinski definition) is 8. The van der Waals surface area contributed by atoms with Crippen molar-refractivity contribution in [2.45, 2.75) is 25.1 Å². The summed E-state index contributed by atoms with van der Waals surface area (Å²) in [7, 11) is 3.18. The van der Waals surface area contributed by atoms with Gasteiger partial charge in [0.2, 0.25) is 5.91 Å². The van der Waals surface area contributed by atoms with E-state index >= 15 is 0 Å². The fourth-order valence-corrected chi connectivity index (χ4v) is 3.22. The zero-order valence-electron chi connectivity index (χ0n) is 16.0. The first-order chi connectivity index (χ1) is 13.5. The van der Waals surface area contributed by atoms with Gasteiger partial charge in [-0.1, -0.05) is 11.8 Å². The van der Waals surface area contributed by atoms with E-state index in [9.17, 15) is 4.79 Å². The molecule has 0 unspecified atom stereocenters. The predicted molar refractivity (Wildman–Crippen MR) is 104 cm³/mol. The van der Waals surface area contributed by atoms with Crippen LogP contribution in [-0.4, -0.2) is 36.1 Å². The lowest BCUT2D eigenvalue weighted by molar-refractivity contribution is -0.119. The van der Waals surface area contributed by atoms with Crippen molar-refractivity contribution in [3.05, 3.63) is 41.9 Å². The minimum absolute atomic E-state index is 0.141. The molecule has 1 aromatic carbocycles. The highest BCUT2D eigenvalue weighted by molar-refractivity contribution is 7.99. The molecule has 2 aromatic heterocycles. The molecule has 1 atom stereocenters. The summed E-state index contributed by atoms with van der Waals surface area (Å²) < 4.78 is 21.4. The molecule has 1 amide bonds. The molecule has 0 saturated heterocycles. The number of nitrogens with zero attached hydrogens (tertiary/aromatic N) is 2. The number of benzene rings is 1. The van der Waals surface area contributed by atoms with Crippen LogP contribution in [0.4, 0.5) is 0 Å². The van der Waals surface area contributed by atoms with Crippen LogP contribution in [0, 0.1) is 6.92 Å². The SMILES string of the molecule is COc1ccc(OC)c([C@H](C)NC(=O)CSc2nnc(-c3ccoc3C)o2)c1. The molecule has 0 aliphatic rings. The molecule has 0 saturated carbocycles. The normalized spacial score (nSPS) is 11.9. The first-order valence-electron chi connectivity index (χ1n) is 8.54. The molecule has 0 fully saturated rings. The van der Waals surface area contributed by atoms with Gasteiger partial charge in [0, 0.05) is 5.56 Å². The van der Waals surface area contributed by atoms with Gasteiger partial charge >= 0.3 is 0 Å². The summed E-state index contributed by atoms with van der Waals surface area (Å²) in [6, 6.07) is 6.96. The fourth-order valence-electron chi connectivity index (χ4n) is 2.65. The molecule has 1 N–H and O–H groups in total. The van der Waals surface area contributed by atoms with Crippen LogP contribution in [0.3, 0.4) is 0 Å². The average molecular weight is 403 g/mol. The van der Waals surface area contributed by atoms with Gasteiger partial charge in [-0.25, -0.2) is 0 Å². The molecule has 28 heavy (non-hydrogen) atoms. The Bertz CT molecular complexity index is 953. The van der Waals surface area contributed by atoms with Crippen molar-refractivity contribution in [2.75, 3.05) is 20.0 Å². The number of furan rings is 1. The smallest absolute Gasteiger partial charge is 0.277 e. The summed E-state index contributed by atoms with van der Waals surface area (Å²) in [6.45, 7) is 3.69. The van der Waals surface area contributed by atoms with E-state index < -0.39 is 0 Å². The zero-order chi connectivity index (χ0) is 20.1. The second kappa shape index (κ2) is 8.83. The minimum atomic E-state index is -0.259. The van der Waals surface area contributed by atoms with E-state index in [1.165, 1.54) is 11.8 Å². The third-order valence-corrected chi connectivity index (χ3v) is 4.92. The largest absolute Gasteiger partial charge is 0.497 e. The summed E-state index contributed by atoms with van der Waals surface area (Å²) in [5.41, 5.74) is 1.57. The van der Waals surface area contributed by atoms with Crippen molar-refractivity contribution in [1.29, 1.82) is 0 Å². The Hall–Kier alpha value is -2.94. The molecule has 0 spiro atoms. The lowest BCUT2D eigenvalue weighted by Crippen LogP contribution is -2.28. The Morgan fingerprint density at radius 3 is 2.75 bits per heavy atom. The van der Waals surface area contributed by atoms with E-state index in [4.69, 9.17) is 18.3 Å². The molecule has 148 valence electrons. The Labute approximate surface area is 166 Å². The quantitative estimate of drug-likeness (QED) is 0.569. The first-order valence-corrected chi connectivity index (χ1v) is 9.52. The molecule has 8 nitrogen and oxygen atoms in total. The second-order valence-electron chi connectivity index (χ2n) is 5.95. The topological polar surface area (TPSA) is 99.6 Å². The van der Waals surface area contributed by atoms with Gasteiger partial charge in [0.25, 0.3) is 11.1 Å². The number of hydrogen-bond donors (Lipinski definition) is 1. The summed E-state index contributed by atoms with van der Waals surface area (Å²) in [4.78, 5) is 12.3. The Balaban J connectivity index is 1.59. The van der Waals surface area contributed by atoms with Crippen molar-refractivity contribution >= 4 is 17.7 Å². The van der Waals surface area contributed by atoms with Gasteiger partial charge in [0.05, 0.1) is 37.8 Å². The molecule has 0 radical (unpaired) electrons. The molecule has 9 heteroatoms. The third kappa shape index (κ3) is 4.48. The number of thioether (sulfide) groups is 1. The molecule has 0 aliphatic heterocycles. The van der Waals surface area contributed by atoms with E-state index in [0.29, 0.717) is 28.4 Å². The summed E-state index contributed by atoms with van der Waals surface area (Å²) in [5, 5.41) is 11.2. The minimum Gasteiger partial charge on any atom is -0.497 e. The van der Waals surface area contributed by atoms with Gasteiger partial charge < -0.3 is 23.6 Å². The molecule has 3 aromatic rings. The van der Waals surface area contributed by atoms with Gasteiger partial charge in [-0.15, -0.1) is 10.2 Å². The summed E-state index contributed by atoms with van der Waals surface area (Å²) in [5.74, 6) is 2.41. The van der Waals surface area contributed by atoms with Crippen molar-refractivity contribution in [2.24, 2.45) is 0 Å². The van der Waals surface area contributed by atoms with Crippen LogP contribution in [0.5, 0.6) is 11.5 Å². The van der Waals surface area contributed by atoms with Crippen molar-refractivity contribution < 1.29 is 23.1 Å². The van der Waals surface area contributed by atoms with Gasteiger partial charge in [0.1, 0.15) is 17.3 Å². The number of aromatic nitrogens is 2. The van der Waals surface area contributed by atoms with Gasteiger partial charge in [-0.2, -0.15) is 0 Å². The number of nitrogens with one attached hydrogen (secondary N) is 1. The zero-order valence-corrected chi connectivity index (χ0v) is 16.8. The Kier molecular flexibility index (Phi) is 6.25. The van der Waals surface area contributed by atoms with Gasteiger partial charge in [0.15, 0.2) is 0 Å². The van der Waals surface area contributed by atoms with Gasteiger partial charge in [-0.3, -0.25) is 4.79 Å². The standard InChI is InChI=1S/C19H21N3O5S/c1-11(15-9-13(24-3)5-6-16(15)25-4)20-17(23)10-28-19-22-21-18(27-19)14-7-8-26-12(14)2/h5-9,11H,10H2,1-4H3,(H,20,23)/t11-/m0/s1. The van der Waals surface area contributed by atoms with E-state index in [1.54, 1.807) is 26.5 Å². The molecular weight excluding hydrogens is 382 g/mol. The van der Waals surface area contributed by atoms with Crippen LogP contribution in [-0.2, 0) is 4.79 Å². The lowest BCUT2D eigenvalue weighted by atomic mass is 10.1.